The maximum absolute atomic E-state index is 12.8. The highest BCUT2D eigenvalue weighted by Gasteiger charge is 2.19. The van der Waals surface area contributed by atoms with E-state index in [9.17, 15) is 19.2 Å². The number of anilines is 2. The van der Waals surface area contributed by atoms with E-state index in [1.165, 1.54) is 46.3 Å². The Hall–Kier alpha value is -4.94. The zero-order valence-electron chi connectivity index (χ0n) is 26.0. The highest BCUT2D eigenvalue weighted by atomic mass is 28.3. The molecule has 0 aromatic heterocycles. The molecule has 12 heteroatoms. The number of nitrogens with one attached hydrogen (secondary N) is 2. The van der Waals surface area contributed by atoms with Crippen molar-refractivity contribution < 1.29 is 28.7 Å². The zero-order valence-corrected chi connectivity index (χ0v) is 27.0. The number of amides is 2. The molecule has 0 bridgehead atoms. The van der Waals surface area contributed by atoms with Crippen LogP contribution in [-0.4, -0.2) is 64.1 Å². The summed E-state index contributed by atoms with van der Waals surface area (Å²) < 4.78 is 9.90. The summed E-state index contributed by atoms with van der Waals surface area (Å²) in [5.74, 6) is 7.03. The minimum absolute atomic E-state index is 0.0755. The second-order valence-corrected chi connectivity index (χ2v) is 15.0. The summed E-state index contributed by atoms with van der Waals surface area (Å²) >= 11 is 0. The van der Waals surface area contributed by atoms with Crippen molar-refractivity contribution in [2.24, 2.45) is 10.3 Å². The monoisotopic (exact) mass is 603 g/mol. The number of methoxy groups -OCH3 is 2. The fourth-order valence-corrected chi connectivity index (χ4v) is 4.08. The van der Waals surface area contributed by atoms with Gasteiger partial charge in [0.15, 0.2) is 0 Å². The molecule has 2 N–H and O–H groups in total. The van der Waals surface area contributed by atoms with Crippen molar-refractivity contribution in [1.82, 2.24) is 5.01 Å². The normalized spacial score (nSPS) is 10.5. The van der Waals surface area contributed by atoms with Crippen molar-refractivity contribution in [2.75, 3.05) is 37.9 Å². The van der Waals surface area contributed by atoms with Gasteiger partial charge in [0.2, 0.25) is 11.8 Å². The molecule has 0 unspecified atom stereocenters. The molecule has 2 rings (SSSR count). The molecule has 226 valence electrons. The Morgan fingerprint density at radius 3 is 1.74 bits per heavy atom. The largest absolute Gasteiger partial charge is 0.465 e. The van der Waals surface area contributed by atoms with E-state index in [-0.39, 0.29) is 34.0 Å². The van der Waals surface area contributed by atoms with Gasteiger partial charge in [0, 0.05) is 38.1 Å². The zero-order chi connectivity index (χ0) is 32.3. The summed E-state index contributed by atoms with van der Waals surface area (Å²) in [5, 5.41) is 15.5. The molecular weight excluding hydrogens is 566 g/mol. The Morgan fingerprint density at radius 2 is 1.26 bits per heavy atom. The van der Waals surface area contributed by atoms with Crippen molar-refractivity contribution in [2.45, 2.75) is 47.3 Å². The van der Waals surface area contributed by atoms with Crippen LogP contribution in [0, 0.1) is 23.3 Å². The van der Waals surface area contributed by atoms with Gasteiger partial charge in [-0.1, -0.05) is 42.6 Å². The van der Waals surface area contributed by atoms with Gasteiger partial charge >= 0.3 is 11.9 Å². The van der Waals surface area contributed by atoms with Crippen LogP contribution < -0.4 is 10.6 Å². The molecular formula is C31H37N5O6Si. The Morgan fingerprint density at radius 1 is 0.767 bits per heavy atom. The lowest BCUT2D eigenvalue weighted by Crippen LogP contribution is -2.16. The maximum Gasteiger partial charge on any atom is 0.340 e. The Bertz CT molecular complexity index is 1570. The van der Waals surface area contributed by atoms with E-state index in [1.54, 1.807) is 11.1 Å². The minimum atomic E-state index is -1.81. The Kier molecular flexibility index (Phi) is 12.2. The summed E-state index contributed by atoms with van der Waals surface area (Å²) in [6.45, 7) is 13.9. The first-order valence-electron chi connectivity index (χ1n) is 13.5. The summed E-state index contributed by atoms with van der Waals surface area (Å²) in [4.78, 5) is 49.3. The third-order valence-corrected chi connectivity index (χ3v) is 6.51. The topological polar surface area (TPSA) is 139 Å². The molecule has 0 saturated carbocycles. The van der Waals surface area contributed by atoms with E-state index in [0.29, 0.717) is 29.9 Å². The van der Waals surface area contributed by atoms with E-state index >= 15 is 0 Å². The van der Waals surface area contributed by atoms with E-state index in [0.717, 1.165) is 0 Å². The van der Waals surface area contributed by atoms with Gasteiger partial charge in [-0.05, 0) is 38.1 Å². The number of hydrogen-bond donors (Lipinski definition) is 2. The molecule has 0 fully saturated rings. The van der Waals surface area contributed by atoms with Crippen LogP contribution in [0.1, 0.15) is 65.1 Å². The second-order valence-electron chi connectivity index (χ2n) is 10.3. The van der Waals surface area contributed by atoms with Gasteiger partial charge in [0.25, 0.3) is 0 Å². The van der Waals surface area contributed by atoms with Crippen molar-refractivity contribution in [1.29, 1.82) is 0 Å². The third kappa shape index (κ3) is 10.1. The minimum Gasteiger partial charge on any atom is -0.465 e. The van der Waals surface area contributed by atoms with Gasteiger partial charge in [0.05, 0.1) is 42.3 Å². The fourth-order valence-electron chi connectivity index (χ4n) is 3.57. The lowest BCUT2D eigenvalue weighted by atomic mass is 10.0. The second kappa shape index (κ2) is 15.3. The maximum atomic E-state index is 12.8. The SMILES string of the molecule is CCN(CC)N=Nc1cc(C#Cc2cc(C#C[Si](C)(C)C)c(NC(C)=O)cc2C(=O)OC)c(NC(C)=O)cc1C(=O)OC. The molecule has 2 aromatic rings. The van der Waals surface area contributed by atoms with E-state index in [2.05, 4.69) is 63.9 Å². The average Bonchev–Trinajstić information content (AvgIpc) is 2.94. The van der Waals surface area contributed by atoms with Gasteiger partial charge in [-0.25, -0.2) is 9.59 Å². The first-order valence-corrected chi connectivity index (χ1v) is 17.0. The fraction of sp³-hybridized carbons (Fsp3) is 0.355. The number of rotatable bonds is 8. The molecule has 0 aliphatic rings. The smallest absolute Gasteiger partial charge is 0.340 e. The van der Waals surface area contributed by atoms with E-state index in [1.807, 2.05) is 13.8 Å². The van der Waals surface area contributed by atoms with Crippen LogP contribution in [0.2, 0.25) is 19.6 Å². The Labute approximate surface area is 253 Å². The van der Waals surface area contributed by atoms with Gasteiger partial charge in [0.1, 0.15) is 13.8 Å². The molecule has 0 aliphatic carbocycles. The number of benzene rings is 2. The van der Waals surface area contributed by atoms with Gasteiger partial charge in [-0.2, -0.15) is 0 Å². The summed E-state index contributed by atoms with van der Waals surface area (Å²) in [6, 6.07) is 6.01. The van der Waals surface area contributed by atoms with E-state index in [4.69, 9.17) is 9.47 Å². The molecule has 2 aromatic carbocycles. The number of nitrogens with zero attached hydrogens (tertiary/aromatic N) is 3. The number of esters is 2. The van der Waals surface area contributed by atoms with Crippen LogP contribution in [-0.2, 0) is 19.1 Å². The first-order chi connectivity index (χ1) is 20.2. The molecule has 0 atom stereocenters. The van der Waals surface area contributed by atoms with Crippen LogP contribution in [0.3, 0.4) is 0 Å². The Balaban J connectivity index is 2.90. The first kappa shape index (κ1) is 34.3. The van der Waals surface area contributed by atoms with Crippen molar-refractivity contribution in [3.63, 3.8) is 0 Å². The number of carbonyl (C=O) groups excluding carboxylic acids is 4. The predicted octanol–water partition coefficient (Wildman–Crippen LogP) is 5.15. The predicted molar refractivity (Wildman–Crippen MR) is 168 cm³/mol. The number of hydrogen-bond acceptors (Lipinski definition) is 8. The molecule has 11 nitrogen and oxygen atoms in total. The van der Waals surface area contributed by atoms with E-state index < -0.39 is 25.9 Å². The van der Waals surface area contributed by atoms with Gasteiger partial charge in [-0.15, -0.1) is 10.7 Å². The van der Waals surface area contributed by atoms with Crippen LogP contribution >= 0.6 is 0 Å². The van der Waals surface area contributed by atoms with Crippen LogP contribution in [0.15, 0.2) is 34.6 Å². The molecule has 0 radical (unpaired) electrons. The van der Waals surface area contributed by atoms with Crippen molar-refractivity contribution in [3.05, 3.63) is 52.1 Å². The van der Waals surface area contributed by atoms with Crippen LogP contribution in [0.25, 0.3) is 0 Å². The number of ether oxygens (including phenoxy) is 2. The molecule has 0 heterocycles. The van der Waals surface area contributed by atoms with Crippen LogP contribution in [0.4, 0.5) is 17.1 Å². The summed E-state index contributed by atoms with van der Waals surface area (Å²) in [5.41, 5.74) is 5.25. The molecule has 0 saturated heterocycles. The van der Waals surface area contributed by atoms with Crippen LogP contribution in [0.5, 0.6) is 0 Å². The third-order valence-electron chi connectivity index (χ3n) is 5.64. The number of carbonyl (C=O) groups is 4. The van der Waals surface area contributed by atoms with Crippen molar-refractivity contribution >= 4 is 48.9 Å². The molecule has 43 heavy (non-hydrogen) atoms. The quantitative estimate of drug-likeness (QED) is 0.140. The lowest BCUT2D eigenvalue weighted by Gasteiger charge is -2.13. The highest BCUT2D eigenvalue weighted by molar-refractivity contribution is 6.83. The molecule has 2 amide bonds. The van der Waals surface area contributed by atoms with Gasteiger partial charge in [-0.3, -0.25) is 14.6 Å². The van der Waals surface area contributed by atoms with Gasteiger partial charge < -0.3 is 20.1 Å². The summed E-state index contributed by atoms with van der Waals surface area (Å²) in [7, 11) is 0.672. The molecule has 0 aliphatic heterocycles. The highest BCUT2D eigenvalue weighted by Crippen LogP contribution is 2.29. The molecule has 0 spiro atoms. The lowest BCUT2D eigenvalue weighted by molar-refractivity contribution is -0.115. The summed E-state index contributed by atoms with van der Waals surface area (Å²) in [6.07, 6.45) is 0. The average molecular weight is 604 g/mol. The van der Waals surface area contributed by atoms with Crippen molar-refractivity contribution in [3.8, 4) is 23.3 Å². The standard InChI is InChI=1S/C31H37N5O6Si/c1-10-36(11-2)35-34-29-17-23(28(33-21(4)38)19-26(29)31(40)42-6)13-12-22-16-24(14-15-43(7,8)9)27(32-20(3)37)18-25(22)30(39)41-5/h16-19H,10-11H2,1-9H3,(H,32,37)(H,33,38).